The van der Waals surface area contributed by atoms with Gasteiger partial charge in [-0.3, -0.25) is 4.79 Å². The molecule has 2 rings (SSSR count). The summed E-state index contributed by atoms with van der Waals surface area (Å²) < 4.78 is 27.5. The van der Waals surface area contributed by atoms with Gasteiger partial charge in [0.2, 0.25) is 15.0 Å². The molecule has 6 nitrogen and oxygen atoms in total. The third-order valence-electron chi connectivity index (χ3n) is 3.39. The highest BCUT2D eigenvalue weighted by Crippen LogP contribution is 2.27. The minimum Gasteiger partial charge on any atom is -0.463 e. The molecule has 1 aromatic carbocycles. The number of esters is 1. The Balaban J connectivity index is 2.08. The molecular formula is C15H16ClNO5S. The number of benzene rings is 1. The van der Waals surface area contributed by atoms with Crippen molar-refractivity contribution in [3.05, 3.63) is 35.9 Å². The summed E-state index contributed by atoms with van der Waals surface area (Å²) in [5.41, 5.74) is 1.35. The highest BCUT2D eigenvalue weighted by Gasteiger charge is 2.37. The van der Waals surface area contributed by atoms with Crippen LogP contribution in [0.5, 0.6) is 0 Å². The van der Waals surface area contributed by atoms with Gasteiger partial charge < -0.3 is 9.64 Å². The number of carbonyl (C=O) groups excluding carboxylic acids is 2. The Morgan fingerprint density at radius 1 is 1.39 bits per heavy atom. The molecule has 1 saturated heterocycles. The summed E-state index contributed by atoms with van der Waals surface area (Å²) in [7, 11) is 1.56. The Kier molecular flexibility index (Phi) is 5.43. The van der Waals surface area contributed by atoms with Crippen molar-refractivity contribution in [1.82, 2.24) is 0 Å². The van der Waals surface area contributed by atoms with E-state index < -0.39 is 20.3 Å². The Hall–Kier alpha value is -1.86. The third kappa shape index (κ3) is 4.56. The van der Waals surface area contributed by atoms with Crippen molar-refractivity contribution in [2.24, 2.45) is 0 Å². The fraction of sp³-hybridized carbons (Fsp3) is 0.333. The number of hydrogen-bond donors (Lipinski definition) is 0. The lowest BCUT2D eigenvalue weighted by Gasteiger charge is -2.16. The van der Waals surface area contributed by atoms with Crippen LogP contribution in [0.1, 0.15) is 18.9 Å². The van der Waals surface area contributed by atoms with Gasteiger partial charge >= 0.3 is 5.97 Å². The molecule has 23 heavy (non-hydrogen) atoms. The van der Waals surface area contributed by atoms with Crippen LogP contribution in [0.25, 0.3) is 6.08 Å². The molecule has 1 atom stereocenters. The number of carbonyl (C=O) groups is 2. The Labute approximate surface area is 139 Å². The van der Waals surface area contributed by atoms with Crippen LogP contribution in [0.4, 0.5) is 5.69 Å². The molecule has 124 valence electrons. The zero-order chi connectivity index (χ0) is 17.0. The molecule has 1 unspecified atom stereocenters. The van der Waals surface area contributed by atoms with Crippen LogP contribution in [0.3, 0.4) is 0 Å². The number of ether oxygens (including phenoxy) is 1. The largest absolute Gasteiger partial charge is 0.463 e. The molecule has 1 aliphatic heterocycles. The van der Waals surface area contributed by atoms with E-state index in [0.717, 1.165) is 5.56 Å². The van der Waals surface area contributed by atoms with Crippen molar-refractivity contribution in [2.75, 3.05) is 18.1 Å². The zero-order valence-electron chi connectivity index (χ0n) is 12.4. The molecule has 0 aromatic heterocycles. The van der Waals surface area contributed by atoms with E-state index in [4.69, 9.17) is 15.4 Å². The maximum Gasteiger partial charge on any atom is 0.330 e. The Morgan fingerprint density at radius 3 is 2.57 bits per heavy atom. The molecule has 0 aliphatic carbocycles. The second kappa shape index (κ2) is 7.14. The first-order valence-electron chi connectivity index (χ1n) is 7.00. The molecule has 0 radical (unpaired) electrons. The second-order valence-corrected chi connectivity index (χ2v) is 7.89. The van der Waals surface area contributed by atoms with Gasteiger partial charge in [-0.2, -0.15) is 0 Å². The van der Waals surface area contributed by atoms with Crippen molar-refractivity contribution in [2.45, 2.75) is 18.6 Å². The molecular weight excluding hydrogens is 342 g/mol. The Morgan fingerprint density at radius 2 is 2.04 bits per heavy atom. The second-order valence-electron chi connectivity index (χ2n) is 4.98. The number of amides is 1. The van der Waals surface area contributed by atoms with E-state index in [2.05, 4.69) is 0 Å². The van der Waals surface area contributed by atoms with Crippen LogP contribution in [-0.4, -0.2) is 38.7 Å². The van der Waals surface area contributed by atoms with Crippen molar-refractivity contribution in [1.29, 1.82) is 0 Å². The van der Waals surface area contributed by atoms with E-state index in [-0.39, 0.29) is 18.9 Å². The van der Waals surface area contributed by atoms with Crippen molar-refractivity contribution >= 4 is 43.4 Å². The lowest BCUT2D eigenvalue weighted by Crippen LogP contribution is -2.26. The fourth-order valence-corrected chi connectivity index (χ4v) is 3.26. The van der Waals surface area contributed by atoms with Gasteiger partial charge in [-0.15, -0.1) is 0 Å². The minimum absolute atomic E-state index is 0.0443. The first-order valence-corrected chi connectivity index (χ1v) is 9.37. The average molecular weight is 358 g/mol. The number of halogens is 1. The summed E-state index contributed by atoms with van der Waals surface area (Å²) in [6, 6.07) is 6.82. The van der Waals surface area contributed by atoms with Crippen molar-refractivity contribution < 1.29 is 22.7 Å². The SMILES string of the molecule is CCOC(=O)/C=C/c1ccc(N2CC(S(=O)(=O)Cl)CC2=O)cc1. The normalized spacial score (nSPS) is 18.6. The molecule has 0 bridgehead atoms. The van der Waals surface area contributed by atoms with E-state index in [1.54, 1.807) is 37.3 Å². The number of nitrogens with zero attached hydrogens (tertiary/aromatic N) is 1. The van der Waals surface area contributed by atoms with Gasteiger partial charge in [-0.1, -0.05) is 12.1 Å². The van der Waals surface area contributed by atoms with Gasteiger partial charge in [0.25, 0.3) is 0 Å². The number of rotatable bonds is 5. The van der Waals surface area contributed by atoms with Gasteiger partial charge in [-0.25, -0.2) is 13.2 Å². The van der Waals surface area contributed by atoms with Gasteiger partial charge in [0.05, 0.1) is 6.61 Å². The average Bonchev–Trinajstić information content (AvgIpc) is 2.88. The Bertz CT molecular complexity index is 727. The van der Waals surface area contributed by atoms with Gasteiger partial charge in [0.1, 0.15) is 5.25 Å². The van der Waals surface area contributed by atoms with Gasteiger partial charge in [0.15, 0.2) is 0 Å². The van der Waals surface area contributed by atoms with Crippen LogP contribution >= 0.6 is 10.7 Å². The molecule has 1 aliphatic rings. The zero-order valence-corrected chi connectivity index (χ0v) is 14.0. The van der Waals surface area contributed by atoms with Crippen LogP contribution in [0.15, 0.2) is 30.3 Å². The monoisotopic (exact) mass is 357 g/mol. The van der Waals surface area contributed by atoms with E-state index in [1.807, 2.05) is 0 Å². The summed E-state index contributed by atoms with van der Waals surface area (Å²) >= 11 is 0. The van der Waals surface area contributed by atoms with E-state index >= 15 is 0 Å². The lowest BCUT2D eigenvalue weighted by molar-refractivity contribution is -0.137. The molecule has 1 fully saturated rings. The summed E-state index contributed by atoms with van der Waals surface area (Å²) in [4.78, 5) is 24.6. The summed E-state index contributed by atoms with van der Waals surface area (Å²) in [6.45, 7) is 2.08. The van der Waals surface area contributed by atoms with E-state index in [1.165, 1.54) is 11.0 Å². The summed E-state index contributed by atoms with van der Waals surface area (Å²) in [5, 5.41) is -0.889. The summed E-state index contributed by atoms with van der Waals surface area (Å²) in [6.07, 6.45) is 2.80. The highest BCUT2D eigenvalue weighted by atomic mass is 35.7. The predicted octanol–water partition coefficient (Wildman–Crippen LogP) is 1.94. The van der Waals surface area contributed by atoms with Crippen LogP contribution in [-0.2, 0) is 23.4 Å². The molecule has 1 amide bonds. The quantitative estimate of drug-likeness (QED) is 0.457. The molecule has 8 heteroatoms. The third-order valence-corrected chi connectivity index (χ3v) is 5.26. The maximum atomic E-state index is 11.9. The van der Waals surface area contributed by atoms with Crippen LogP contribution in [0.2, 0.25) is 0 Å². The first kappa shape index (κ1) is 17.5. The first-order chi connectivity index (χ1) is 10.8. The minimum atomic E-state index is -3.76. The molecule has 0 spiro atoms. The van der Waals surface area contributed by atoms with Crippen LogP contribution < -0.4 is 4.90 Å². The van der Waals surface area contributed by atoms with Gasteiger partial charge in [0, 0.05) is 35.4 Å². The van der Waals surface area contributed by atoms with Crippen molar-refractivity contribution in [3.63, 3.8) is 0 Å². The predicted molar refractivity (Wildman–Crippen MR) is 87.6 cm³/mol. The van der Waals surface area contributed by atoms with Gasteiger partial charge in [-0.05, 0) is 30.7 Å². The maximum absolute atomic E-state index is 11.9. The van der Waals surface area contributed by atoms with Crippen LogP contribution in [0, 0.1) is 0 Å². The lowest BCUT2D eigenvalue weighted by atomic mass is 10.2. The molecule has 0 N–H and O–H groups in total. The fourth-order valence-electron chi connectivity index (χ4n) is 2.23. The number of hydrogen-bond acceptors (Lipinski definition) is 5. The molecule has 0 saturated carbocycles. The van der Waals surface area contributed by atoms with Crippen molar-refractivity contribution in [3.8, 4) is 0 Å². The highest BCUT2D eigenvalue weighted by molar-refractivity contribution is 8.14. The summed E-state index contributed by atoms with van der Waals surface area (Å²) in [5.74, 6) is -0.713. The van der Waals surface area contributed by atoms with E-state index in [9.17, 15) is 18.0 Å². The number of anilines is 1. The molecule has 1 aromatic rings. The molecule has 1 heterocycles. The standard InChI is InChI=1S/C15H16ClNO5S/c1-2-22-15(19)8-5-11-3-6-12(7-4-11)17-10-13(9-14(17)18)23(16,20)21/h3-8,13H,2,9-10H2,1H3/b8-5+. The van der Waals surface area contributed by atoms with E-state index in [0.29, 0.717) is 12.3 Å². The topological polar surface area (TPSA) is 80.8 Å². The smallest absolute Gasteiger partial charge is 0.330 e.